The molecule has 1 rings (SSSR count). The Hall–Kier alpha value is -1.51. The topological polar surface area (TPSA) is 42.9 Å². The Morgan fingerprint density at radius 3 is 2.85 bits per heavy atom. The lowest BCUT2D eigenvalue weighted by Crippen LogP contribution is -2.03. The third-order valence-electron chi connectivity index (χ3n) is 1.76. The van der Waals surface area contributed by atoms with Gasteiger partial charge in [-0.2, -0.15) is 0 Å². The van der Waals surface area contributed by atoms with Crippen LogP contribution in [0.3, 0.4) is 0 Å². The molecule has 0 aliphatic heterocycles. The summed E-state index contributed by atoms with van der Waals surface area (Å²) in [5.74, 6) is -0.0139. The number of carbonyl (C=O) groups is 1. The summed E-state index contributed by atoms with van der Waals surface area (Å²) < 4.78 is 0. The van der Waals surface area contributed by atoms with Crippen molar-refractivity contribution in [2.45, 2.75) is 19.8 Å². The van der Waals surface area contributed by atoms with Crippen LogP contribution in [0.2, 0.25) is 0 Å². The van der Waals surface area contributed by atoms with E-state index in [0.29, 0.717) is 12.1 Å². The molecule has 0 atom stereocenters. The number of hydrogen-bond acceptors (Lipinski definition) is 3. The van der Waals surface area contributed by atoms with Crippen molar-refractivity contribution in [2.24, 2.45) is 0 Å². The summed E-state index contributed by atoms with van der Waals surface area (Å²) in [6.07, 6.45) is 5.74. The van der Waals surface area contributed by atoms with E-state index in [9.17, 15) is 4.79 Å². The summed E-state index contributed by atoms with van der Waals surface area (Å²) in [6.45, 7) is 5.75. The summed E-state index contributed by atoms with van der Waals surface area (Å²) in [7, 11) is 0. The zero-order chi connectivity index (χ0) is 9.68. The van der Waals surface area contributed by atoms with Gasteiger partial charge < -0.3 is 0 Å². The molecule has 68 valence electrons. The fraction of sp³-hybridized carbons (Fsp3) is 0.300. The maximum Gasteiger partial charge on any atom is 0.186 e. The molecule has 0 bridgehead atoms. The average Bonchev–Trinajstić information content (AvgIpc) is 2.19. The normalized spacial score (nSPS) is 9.62. The summed E-state index contributed by atoms with van der Waals surface area (Å²) in [4.78, 5) is 19.2. The van der Waals surface area contributed by atoms with E-state index in [2.05, 4.69) is 16.5 Å². The van der Waals surface area contributed by atoms with Gasteiger partial charge in [-0.15, -0.1) is 0 Å². The molecular weight excluding hydrogens is 164 g/mol. The van der Waals surface area contributed by atoms with Crippen LogP contribution in [0.25, 0.3) is 0 Å². The Morgan fingerprint density at radius 2 is 2.31 bits per heavy atom. The first-order valence-electron chi connectivity index (χ1n) is 4.20. The highest BCUT2D eigenvalue weighted by Crippen LogP contribution is 2.07. The zero-order valence-corrected chi connectivity index (χ0v) is 7.66. The molecule has 1 aromatic rings. The fourth-order valence-electron chi connectivity index (χ4n) is 0.886. The first kappa shape index (κ1) is 9.58. The third kappa shape index (κ3) is 2.78. The summed E-state index contributed by atoms with van der Waals surface area (Å²) in [6, 6.07) is 0. The van der Waals surface area contributed by atoms with Gasteiger partial charge in [-0.3, -0.25) is 9.78 Å². The number of allylic oxidation sites excluding steroid dienone is 1. The van der Waals surface area contributed by atoms with Gasteiger partial charge in [0.15, 0.2) is 5.78 Å². The van der Waals surface area contributed by atoms with Gasteiger partial charge in [0.25, 0.3) is 0 Å². The number of nitrogens with zero attached hydrogens (tertiary/aromatic N) is 2. The maximum atomic E-state index is 11.5. The standard InChI is InChI=1S/C10H12N2O/c1-3-8(2)6-10(13)9-7-11-4-5-12-9/h4-5,7H,2-3,6H2,1H3. The van der Waals surface area contributed by atoms with Crippen LogP contribution < -0.4 is 0 Å². The van der Waals surface area contributed by atoms with Gasteiger partial charge >= 0.3 is 0 Å². The highest BCUT2D eigenvalue weighted by Gasteiger charge is 2.07. The highest BCUT2D eigenvalue weighted by molar-refractivity contribution is 5.95. The fourth-order valence-corrected chi connectivity index (χ4v) is 0.886. The zero-order valence-electron chi connectivity index (χ0n) is 7.66. The molecule has 1 heterocycles. The number of hydrogen-bond donors (Lipinski definition) is 0. The first-order valence-corrected chi connectivity index (χ1v) is 4.20. The monoisotopic (exact) mass is 176 g/mol. The number of ketones is 1. The van der Waals surface area contributed by atoms with Crippen molar-refractivity contribution in [1.29, 1.82) is 0 Å². The van der Waals surface area contributed by atoms with Crippen molar-refractivity contribution < 1.29 is 4.79 Å². The Balaban J connectivity index is 2.65. The lowest BCUT2D eigenvalue weighted by Gasteiger charge is -1.99. The SMILES string of the molecule is C=C(CC)CC(=O)c1cnccn1. The molecule has 0 spiro atoms. The molecule has 0 fully saturated rings. The highest BCUT2D eigenvalue weighted by atomic mass is 16.1. The minimum Gasteiger partial charge on any atom is -0.292 e. The van der Waals surface area contributed by atoms with Crippen LogP contribution in [0.5, 0.6) is 0 Å². The number of carbonyl (C=O) groups excluding carboxylic acids is 1. The minimum absolute atomic E-state index is 0.0139. The van der Waals surface area contributed by atoms with Crippen molar-refractivity contribution in [2.75, 3.05) is 0 Å². The molecule has 0 saturated heterocycles. The molecule has 0 amide bonds. The summed E-state index contributed by atoms with van der Waals surface area (Å²) >= 11 is 0. The van der Waals surface area contributed by atoms with Gasteiger partial charge in [0.05, 0.1) is 6.20 Å². The van der Waals surface area contributed by atoms with Gasteiger partial charge in [-0.05, 0) is 6.42 Å². The maximum absolute atomic E-state index is 11.5. The number of Topliss-reactive ketones (excluding diaryl/α,β-unsaturated/α-hetero) is 1. The predicted octanol–water partition coefficient (Wildman–Crippen LogP) is 2.02. The molecule has 3 heteroatoms. The largest absolute Gasteiger partial charge is 0.292 e. The Bertz CT molecular complexity index is 306. The average molecular weight is 176 g/mol. The Morgan fingerprint density at radius 1 is 1.54 bits per heavy atom. The molecule has 0 aliphatic rings. The van der Waals surface area contributed by atoms with Crippen LogP contribution in [0.15, 0.2) is 30.7 Å². The molecule has 0 aromatic carbocycles. The molecule has 0 unspecified atom stereocenters. The lowest BCUT2D eigenvalue weighted by molar-refractivity contribution is 0.0987. The second-order valence-corrected chi connectivity index (χ2v) is 2.79. The van der Waals surface area contributed by atoms with Crippen LogP contribution in [-0.4, -0.2) is 15.8 Å². The van der Waals surface area contributed by atoms with Gasteiger partial charge in [0, 0.05) is 18.8 Å². The van der Waals surface area contributed by atoms with E-state index in [1.807, 2.05) is 6.92 Å². The van der Waals surface area contributed by atoms with Crippen LogP contribution >= 0.6 is 0 Å². The van der Waals surface area contributed by atoms with E-state index in [1.54, 1.807) is 6.20 Å². The van der Waals surface area contributed by atoms with Gasteiger partial charge in [-0.25, -0.2) is 4.98 Å². The summed E-state index contributed by atoms with van der Waals surface area (Å²) in [5.41, 5.74) is 1.34. The van der Waals surface area contributed by atoms with Crippen LogP contribution in [-0.2, 0) is 0 Å². The third-order valence-corrected chi connectivity index (χ3v) is 1.76. The molecule has 1 aromatic heterocycles. The van der Waals surface area contributed by atoms with Gasteiger partial charge in [0.1, 0.15) is 5.69 Å². The smallest absolute Gasteiger partial charge is 0.186 e. The van der Waals surface area contributed by atoms with E-state index in [-0.39, 0.29) is 5.78 Å². The first-order chi connectivity index (χ1) is 6.24. The van der Waals surface area contributed by atoms with Crippen LogP contribution in [0, 0.1) is 0 Å². The van der Waals surface area contributed by atoms with Crippen molar-refractivity contribution in [3.8, 4) is 0 Å². The minimum atomic E-state index is -0.0139. The second kappa shape index (κ2) is 4.50. The second-order valence-electron chi connectivity index (χ2n) is 2.79. The number of aromatic nitrogens is 2. The van der Waals surface area contributed by atoms with Crippen molar-refractivity contribution in [3.63, 3.8) is 0 Å². The molecule has 0 saturated carbocycles. The van der Waals surface area contributed by atoms with Gasteiger partial charge in [0.2, 0.25) is 0 Å². The van der Waals surface area contributed by atoms with Crippen LogP contribution in [0.4, 0.5) is 0 Å². The predicted molar refractivity (Wildman–Crippen MR) is 50.4 cm³/mol. The molecule has 0 radical (unpaired) electrons. The lowest BCUT2D eigenvalue weighted by atomic mass is 10.1. The van der Waals surface area contributed by atoms with Crippen molar-refractivity contribution in [1.82, 2.24) is 9.97 Å². The molecular formula is C10H12N2O. The van der Waals surface area contributed by atoms with Gasteiger partial charge in [-0.1, -0.05) is 19.1 Å². The molecule has 3 nitrogen and oxygen atoms in total. The summed E-state index contributed by atoms with van der Waals surface area (Å²) in [5, 5.41) is 0. The quantitative estimate of drug-likeness (QED) is 0.520. The van der Waals surface area contributed by atoms with E-state index in [4.69, 9.17) is 0 Å². The Labute approximate surface area is 77.5 Å². The van der Waals surface area contributed by atoms with E-state index in [0.717, 1.165) is 12.0 Å². The molecule has 0 aliphatic carbocycles. The van der Waals surface area contributed by atoms with Crippen LogP contribution in [0.1, 0.15) is 30.3 Å². The van der Waals surface area contributed by atoms with E-state index < -0.39 is 0 Å². The van der Waals surface area contributed by atoms with Crippen molar-refractivity contribution >= 4 is 5.78 Å². The number of rotatable bonds is 4. The van der Waals surface area contributed by atoms with E-state index >= 15 is 0 Å². The molecule has 0 N–H and O–H groups in total. The molecule has 13 heavy (non-hydrogen) atoms. The Kier molecular flexibility index (Phi) is 3.31. The van der Waals surface area contributed by atoms with E-state index in [1.165, 1.54) is 12.4 Å². The van der Waals surface area contributed by atoms with Crippen molar-refractivity contribution in [3.05, 3.63) is 36.4 Å².